The van der Waals surface area contributed by atoms with E-state index < -0.39 is 9.84 Å². The van der Waals surface area contributed by atoms with Gasteiger partial charge in [-0.3, -0.25) is 0 Å². The van der Waals surface area contributed by atoms with Gasteiger partial charge in [-0.1, -0.05) is 30.3 Å². The highest BCUT2D eigenvalue weighted by Crippen LogP contribution is 2.26. The van der Waals surface area contributed by atoms with E-state index in [4.69, 9.17) is 5.21 Å². The Hall–Kier alpha value is -1.56. The van der Waals surface area contributed by atoms with E-state index in [0.29, 0.717) is 18.7 Å². The average Bonchev–Trinajstić information content (AvgIpc) is 2.67. The lowest BCUT2D eigenvalue weighted by molar-refractivity contribution is 0.318. The van der Waals surface area contributed by atoms with Crippen molar-refractivity contribution in [3.8, 4) is 0 Å². The molecule has 6 heteroatoms. The summed E-state index contributed by atoms with van der Waals surface area (Å²) in [7, 11) is -2.91. The van der Waals surface area contributed by atoms with Crippen LogP contribution in [0.1, 0.15) is 31.7 Å². The summed E-state index contributed by atoms with van der Waals surface area (Å²) in [5.74, 6) is 0.425. The number of anilines is 1. The van der Waals surface area contributed by atoms with E-state index in [-0.39, 0.29) is 11.5 Å². The first-order valence-corrected chi connectivity index (χ1v) is 9.15. The van der Waals surface area contributed by atoms with E-state index >= 15 is 0 Å². The Morgan fingerprint density at radius 3 is 2.81 bits per heavy atom. The van der Waals surface area contributed by atoms with Gasteiger partial charge in [0.1, 0.15) is 9.84 Å². The van der Waals surface area contributed by atoms with E-state index in [1.165, 1.54) is 0 Å². The largest absolute Gasteiger partial charge is 0.411 e. The maximum atomic E-state index is 11.6. The molecule has 0 amide bonds. The molecule has 1 N–H and O–H groups in total. The first-order chi connectivity index (χ1) is 10.1. The molecule has 0 spiro atoms. The predicted octanol–water partition coefficient (Wildman–Crippen LogP) is 2.29. The van der Waals surface area contributed by atoms with Crippen molar-refractivity contribution in [2.24, 2.45) is 5.16 Å². The zero-order valence-corrected chi connectivity index (χ0v) is 13.1. The van der Waals surface area contributed by atoms with E-state index in [1.54, 1.807) is 6.92 Å². The fourth-order valence-electron chi connectivity index (χ4n) is 2.64. The van der Waals surface area contributed by atoms with Gasteiger partial charge in [0.15, 0.2) is 0 Å². The number of fused-ring (bicyclic) bond motifs is 1. The molecule has 116 valence electrons. The molecular formula is C15H22N2O3S. The molecule has 21 heavy (non-hydrogen) atoms. The molecule has 5 nitrogen and oxygen atoms in total. The third-order valence-electron chi connectivity index (χ3n) is 3.84. The molecule has 2 rings (SSSR count). The number of hydrogen-bond donors (Lipinski definition) is 1. The van der Waals surface area contributed by atoms with Crippen LogP contribution in [0.4, 0.5) is 5.69 Å². The highest BCUT2D eigenvalue weighted by molar-refractivity contribution is 7.91. The van der Waals surface area contributed by atoms with Gasteiger partial charge in [0, 0.05) is 30.1 Å². The summed E-state index contributed by atoms with van der Waals surface area (Å²) in [5, 5.41) is 12.6. The van der Waals surface area contributed by atoms with Crippen molar-refractivity contribution in [3.05, 3.63) is 29.8 Å². The summed E-state index contributed by atoms with van der Waals surface area (Å²) in [6.45, 7) is 3.23. The molecule has 0 bridgehead atoms. The average molecular weight is 310 g/mol. The van der Waals surface area contributed by atoms with Crippen molar-refractivity contribution in [2.45, 2.75) is 26.2 Å². The van der Waals surface area contributed by atoms with E-state index in [0.717, 1.165) is 30.6 Å². The molecule has 0 aromatic heterocycles. The minimum Gasteiger partial charge on any atom is -0.411 e. The molecule has 0 saturated carbocycles. The summed E-state index contributed by atoms with van der Waals surface area (Å²) in [4.78, 5) is 2.19. The normalized spacial score (nSPS) is 17.6. The van der Waals surface area contributed by atoms with Crippen LogP contribution in [-0.2, 0) is 9.84 Å². The summed E-state index contributed by atoms with van der Waals surface area (Å²) >= 11 is 0. The molecule has 1 aliphatic heterocycles. The number of rotatable bonds is 5. The van der Waals surface area contributed by atoms with Crippen LogP contribution >= 0.6 is 0 Å². The summed E-state index contributed by atoms with van der Waals surface area (Å²) < 4.78 is 23.2. The zero-order chi connectivity index (χ0) is 15.3. The molecule has 0 fully saturated rings. The second-order valence-corrected chi connectivity index (χ2v) is 7.72. The summed E-state index contributed by atoms with van der Waals surface area (Å²) in [6.07, 6.45) is 2.25. The Labute approximate surface area is 126 Å². The second kappa shape index (κ2) is 6.93. The Morgan fingerprint density at radius 2 is 2.10 bits per heavy atom. The highest BCUT2D eigenvalue weighted by atomic mass is 32.2. The number of para-hydroxylation sites is 1. The maximum absolute atomic E-state index is 11.6. The number of hydrogen-bond acceptors (Lipinski definition) is 5. The van der Waals surface area contributed by atoms with Crippen LogP contribution in [-0.4, -0.2) is 43.9 Å². The van der Waals surface area contributed by atoms with Crippen molar-refractivity contribution >= 4 is 21.2 Å². The third kappa shape index (κ3) is 3.97. The summed E-state index contributed by atoms with van der Waals surface area (Å²) in [6, 6.07) is 7.83. The van der Waals surface area contributed by atoms with Gasteiger partial charge >= 0.3 is 0 Å². The lowest BCUT2D eigenvalue weighted by Gasteiger charge is -2.24. The maximum Gasteiger partial charge on any atom is 0.150 e. The van der Waals surface area contributed by atoms with Crippen molar-refractivity contribution < 1.29 is 13.6 Å². The molecule has 0 atom stereocenters. The number of oxime groups is 1. The van der Waals surface area contributed by atoms with Crippen molar-refractivity contribution in [2.75, 3.05) is 29.5 Å². The molecule has 1 heterocycles. The van der Waals surface area contributed by atoms with Gasteiger partial charge in [0.25, 0.3) is 0 Å². The standard InChI is InChI=1S/C15H22N2O3S/c1-2-21(19,20)12-6-11-17-10-5-8-14(16-18)13-7-3-4-9-15(13)17/h3-4,7,9,18H,2,5-6,8,10-12H2,1H3/b16-14-. The lowest BCUT2D eigenvalue weighted by atomic mass is 10.1. The predicted molar refractivity (Wildman–Crippen MR) is 85.2 cm³/mol. The van der Waals surface area contributed by atoms with Gasteiger partial charge in [0.05, 0.1) is 11.5 Å². The van der Waals surface area contributed by atoms with Crippen LogP contribution in [0, 0.1) is 0 Å². The third-order valence-corrected chi connectivity index (χ3v) is 5.63. The highest BCUT2D eigenvalue weighted by Gasteiger charge is 2.19. The number of nitrogens with zero attached hydrogens (tertiary/aromatic N) is 2. The van der Waals surface area contributed by atoms with Crippen molar-refractivity contribution in [3.63, 3.8) is 0 Å². The van der Waals surface area contributed by atoms with Crippen molar-refractivity contribution in [1.29, 1.82) is 0 Å². The Bertz CT molecular complexity index is 611. The minimum absolute atomic E-state index is 0.199. The van der Waals surface area contributed by atoms with Crippen molar-refractivity contribution in [1.82, 2.24) is 0 Å². The van der Waals surface area contributed by atoms with Crippen LogP contribution in [0.3, 0.4) is 0 Å². The monoisotopic (exact) mass is 310 g/mol. The van der Waals surface area contributed by atoms with Crippen LogP contribution in [0.2, 0.25) is 0 Å². The zero-order valence-electron chi connectivity index (χ0n) is 12.3. The SMILES string of the molecule is CCS(=O)(=O)CCCN1CCC/C(=N/O)c2ccccc21. The summed E-state index contributed by atoms with van der Waals surface area (Å²) in [5.41, 5.74) is 2.67. The first-order valence-electron chi connectivity index (χ1n) is 7.33. The minimum atomic E-state index is -2.91. The molecule has 0 aliphatic carbocycles. The fraction of sp³-hybridized carbons (Fsp3) is 0.533. The topological polar surface area (TPSA) is 70.0 Å². The van der Waals surface area contributed by atoms with Gasteiger partial charge in [-0.15, -0.1) is 0 Å². The van der Waals surface area contributed by atoms with E-state index in [2.05, 4.69) is 10.1 Å². The van der Waals surface area contributed by atoms with Gasteiger partial charge in [0.2, 0.25) is 0 Å². The van der Waals surface area contributed by atoms with E-state index in [1.807, 2.05) is 24.3 Å². The van der Waals surface area contributed by atoms with Gasteiger partial charge < -0.3 is 10.1 Å². The molecular weight excluding hydrogens is 288 g/mol. The molecule has 0 unspecified atom stereocenters. The Kier molecular flexibility index (Phi) is 5.22. The molecule has 0 radical (unpaired) electrons. The van der Waals surface area contributed by atoms with Crippen LogP contribution in [0.5, 0.6) is 0 Å². The lowest BCUT2D eigenvalue weighted by Crippen LogP contribution is -2.27. The van der Waals surface area contributed by atoms with E-state index in [9.17, 15) is 8.42 Å². The van der Waals surface area contributed by atoms with Gasteiger partial charge in [-0.25, -0.2) is 8.42 Å². The number of sulfone groups is 1. The first kappa shape index (κ1) is 15.8. The molecule has 1 aromatic rings. The second-order valence-electron chi connectivity index (χ2n) is 5.24. The van der Waals surface area contributed by atoms with Crippen LogP contribution < -0.4 is 4.90 Å². The quantitative estimate of drug-likeness (QED) is 0.669. The van der Waals surface area contributed by atoms with Gasteiger partial charge in [-0.2, -0.15) is 0 Å². The Balaban J connectivity index is 2.13. The fourth-order valence-corrected chi connectivity index (χ4v) is 3.50. The van der Waals surface area contributed by atoms with Crippen LogP contribution in [0.25, 0.3) is 0 Å². The van der Waals surface area contributed by atoms with Crippen LogP contribution in [0.15, 0.2) is 29.4 Å². The molecule has 1 aliphatic rings. The molecule has 0 saturated heterocycles. The van der Waals surface area contributed by atoms with Gasteiger partial charge in [-0.05, 0) is 25.3 Å². The number of benzene rings is 1. The Morgan fingerprint density at radius 1 is 1.33 bits per heavy atom. The molecule has 1 aromatic carbocycles. The smallest absolute Gasteiger partial charge is 0.150 e.